The number of hydrogen-bond acceptors (Lipinski definition) is 9. The molecule has 2 aromatic heterocycles. The summed E-state index contributed by atoms with van der Waals surface area (Å²) in [5.41, 5.74) is -2.11. The van der Waals surface area contributed by atoms with Gasteiger partial charge in [0, 0.05) is 12.0 Å². The second kappa shape index (κ2) is 12.3. The maximum Gasteiger partial charge on any atom is 0.485 e. The van der Waals surface area contributed by atoms with E-state index in [0.717, 1.165) is 49.7 Å². The maximum absolute atomic E-state index is 12.7. The van der Waals surface area contributed by atoms with Crippen LogP contribution in [0.3, 0.4) is 0 Å². The number of anilines is 1. The SMILES string of the molecule is COc1ccc(-c2sc3n4c(c(NC(C)(C)C)[n+]3c2-c2ccc(OC)cc2)CO[C@]2(C)C=CC(=O)C[C@H]42)cc1.O=S(=O)([O-])C(F)(F)F. The lowest BCUT2D eigenvalue weighted by Gasteiger charge is -2.39. The van der Waals surface area contributed by atoms with Gasteiger partial charge in [0.05, 0.1) is 24.6 Å². The summed E-state index contributed by atoms with van der Waals surface area (Å²) in [6.07, 6.45) is 4.00. The third kappa shape index (κ3) is 6.75. The zero-order valence-electron chi connectivity index (χ0n) is 26.5. The third-order valence-corrected chi connectivity index (χ3v) is 9.56. The summed E-state index contributed by atoms with van der Waals surface area (Å²) >= 11 is 1.74. The van der Waals surface area contributed by atoms with E-state index in [9.17, 15) is 18.0 Å². The lowest BCUT2D eigenvalue weighted by Crippen LogP contribution is -2.45. The number of thiazole rings is 1. The van der Waals surface area contributed by atoms with Crippen LogP contribution in [0.2, 0.25) is 0 Å². The van der Waals surface area contributed by atoms with Crippen LogP contribution in [0.1, 0.15) is 45.9 Å². The van der Waals surface area contributed by atoms with Gasteiger partial charge in [0.25, 0.3) is 10.8 Å². The van der Waals surface area contributed by atoms with E-state index in [2.05, 4.69) is 66.2 Å². The molecule has 0 amide bonds. The molecule has 0 fully saturated rings. The molecule has 6 rings (SSSR count). The van der Waals surface area contributed by atoms with Crippen molar-refractivity contribution in [3.63, 3.8) is 0 Å². The molecular weight excluding hydrogens is 659 g/mol. The summed E-state index contributed by atoms with van der Waals surface area (Å²) < 4.78 is 81.0. The number of fused-ring (bicyclic) bond motifs is 5. The molecule has 4 aromatic rings. The molecule has 252 valence electrons. The first-order valence-electron chi connectivity index (χ1n) is 14.4. The number of halogens is 3. The molecule has 0 radical (unpaired) electrons. The van der Waals surface area contributed by atoms with Crippen molar-refractivity contribution in [1.29, 1.82) is 0 Å². The van der Waals surface area contributed by atoms with Gasteiger partial charge in [0.15, 0.2) is 21.6 Å². The van der Waals surface area contributed by atoms with Gasteiger partial charge in [-0.3, -0.25) is 10.1 Å². The molecule has 15 heteroatoms. The Morgan fingerprint density at radius 2 is 1.55 bits per heavy atom. The summed E-state index contributed by atoms with van der Waals surface area (Å²) in [5, 5.41) is 3.79. The lowest BCUT2D eigenvalue weighted by atomic mass is 9.85. The van der Waals surface area contributed by atoms with E-state index in [-0.39, 0.29) is 17.4 Å². The molecule has 0 spiro atoms. The lowest BCUT2D eigenvalue weighted by molar-refractivity contribution is -0.478. The highest BCUT2D eigenvalue weighted by molar-refractivity contribution is 7.86. The summed E-state index contributed by atoms with van der Waals surface area (Å²) in [5.74, 6) is 2.73. The van der Waals surface area contributed by atoms with Gasteiger partial charge in [0.1, 0.15) is 35.4 Å². The Kier molecular flexibility index (Phi) is 8.98. The average Bonchev–Trinajstić information content (AvgIpc) is 3.51. The maximum atomic E-state index is 12.7. The normalized spacial score (nSPS) is 19.4. The standard InChI is InChI=1S/C31H34N3O4S.CHF3O3S/c1-30(2,3)32-28-24-18-38-31(4)16-15-21(35)17-25(31)33(24)29-34(28)26(19-7-11-22(36-5)12-8-19)27(39-29)20-9-13-23(37-6)14-10-20;2-1(3,4)8(5,6)7/h7-16,25,32H,17-18H2,1-6H3;(H,5,6,7)/q+1;/p-1/t25-,31+;/m0./s1. The largest absolute Gasteiger partial charge is 0.741 e. The first-order valence-corrected chi connectivity index (χ1v) is 16.7. The zero-order valence-corrected chi connectivity index (χ0v) is 28.1. The van der Waals surface area contributed by atoms with Crippen LogP contribution in [0.15, 0.2) is 60.7 Å². The van der Waals surface area contributed by atoms with Crippen molar-refractivity contribution in [3.8, 4) is 33.2 Å². The predicted molar refractivity (Wildman–Crippen MR) is 170 cm³/mol. The average molecular weight is 694 g/mol. The summed E-state index contributed by atoms with van der Waals surface area (Å²) in [6.45, 7) is 9.01. The van der Waals surface area contributed by atoms with Crippen LogP contribution in [0.25, 0.3) is 26.7 Å². The molecular formula is C32H34F3N3O7S2. The molecule has 47 heavy (non-hydrogen) atoms. The van der Waals surface area contributed by atoms with E-state index >= 15 is 0 Å². The van der Waals surface area contributed by atoms with Crippen LogP contribution < -0.4 is 19.2 Å². The van der Waals surface area contributed by atoms with Crippen LogP contribution in [0.5, 0.6) is 11.5 Å². The Labute approximate surface area is 274 Å². The highest BCUT2D eigenvalue weighted by Gasteiger charge is 2.49. The van der Waals surface area contributed by atoms with E-state index in [4.69, 9.17) is 27.2 Å². The van der Waals surface area contributed by atoms with Crippen LogP contribution in [-0.4, -0.2) is 54.2 Å². The van der Waals surface area contributed by atoms with E-state index in [1.54, 1.807) is 31.6 Å². The van der Waals surface area contributed by atoms with E-state index in [0.29, 0.717) is 13.0 Å². The fraction of sp³-hybridized carbons (Fsp3) is 0.375. The van der Waals surface area contributed by atoms with Gasteiger partial charge < -0.3 is 18.8 Å². The summed E-state index contributed by atoms with van der Waals surface area (Å²) in [6, 6.07) is 16.2. The molecule has 0 saturated heterocycles. The molecule has 3 heterocycles. The van der Waals surface area contributed by atoms with Crippen molar-refractivity contribution in [3.05, 3.63) is 66.4 Å². The molecule has 10 nitrogen and oxygen atoms in total. The molecule has 2 aliphatic rings. The number of hydrogen-bond donors (Lipinski definition) is 1. The molecule has 0 bridgehead atoms. The highest BCUT2D eigenvalue weighted by Crippen LogP contribution is 2.47. The van der Waals surface area contributed by atoms with E-state index < -0.39 is 21.2 Å². The molecule has 0 unspecified atom stereocenters. The molecule has 1 aliphatic carbocycles. The molecule has 0 saturated carbocycles. The number of rotatable bonds is 5. The van der Waals surface area contributed by atoms with Gasteiger partial charge in [-0.05, 0) is 93.9 Å². The summed E-state index contributed by atoms with van der Waals surface area (Å²) in [4.78, 5) is 14.9. The number of carbonyl (C=O) groups is 1. The number of allylic oxidation sites excluding steroid dienone is 1. The second-order valence-corrected chi connectivity index (χ2v) is 14.6. The van der Waals surface area contributed by atoms with Crippen molar-refractivity contribution >= 4 is 38.0 Å². The minimum Gasteiger partial charge on any atom is -0.741 e. The number of methoxy groups -OCH3 is 2. The minimum absolute atomic E-state index is 0.119. The van der Waals surface area contributed by atoms with Gasteiger partial charge in [-0.1, -0.05) is 11.3 Å². The predicted octanol–water partition coefficient (Wildman–Crippen LogP) is 6.26. The van der Waals surface area contributed by atoms with Crippen molar-refractivity contribution in [2.45, 2.75) is 63.4 Å². The minimum atomic E-state index is -6.09. The number of benzene rings is 2. The number of nitrogens with one attached hydrogen (secondary N) is 1. The van der Waals surface area contributed by atoms with Crippen LogP contribution in [-0.2, 0) is 26.3 Å². The van der Waals surface area contributed by atoms with E-state index in [1.165, 1.54) is 0 Å². The molecule has 1 N–H and O–H groups in total. The van der Waals surface area contributed by atoms with Gasteiger partial charge in [-0.15, -0.1) is 0 Å². The molecule has 2 aromatic carbocycles. The van der Waals surface area contributed by atoms with Gasteiger partial charge in [0.2, 0.25) is 0 Å². The highest BCUT2D eigenvalue weighted by atomic mass is 32.2. The molecule has 1 aliphatic heterocycles. The third-order valence-electron chi connectivity index (χ3n) is 7.80. The van der Waals surface area contributed by atoms with Crippen molar-refractivity contribution < 1.29 is 49.5 Å². The van der Waals surface area contributed by atoms with Crippen molar-refractivity contribution in [2.24, 2.45) is 0 Å². The number of alkyl halides is 3. The monoisotopic (exact) mass is 693 g/mol. The Bertz CT molecular complexity index is 1940. The number of carbonyl (C=O) groups excluding carboxylic acids is 1. The number of aromatic nitrogens is 2. The van der Waals surface area contributed by atoms with Gasteiger partial charge in [-0.25, -0.2) is 13.0 Å². The Morgan fingerprint density at radius 1 is 1.02 bits per heavy atom. The fourth-order valence-corrected chi connectivity index (χ4v) is 6.89. The summed E-state index contributed by atoms with van der Waals surface area (Å²) in [7, 11) is -2.73. The molecule has 2 atom stereocenters. The van der Waals surface area contributed by atoms with Gasteiger partial charge in [-0.2, -0.15) is 17.6 Å². The Morgan fingerprint density at radius 3 is 2.04 bits per heavy atom. The van der Waals surface area contributed by atoms with Crippen LogP contribution in [0, 0.1) is 0 Å². The first-order chi connectivity index (χ1) is 21.9. The number of nitrogens with zero attached hydrogens (tertiary/aromatic N) is 2. The zero-order chi connectivity index (χ0) is 34.5. The van der Waals surface area contributed by atoms with E-state index in [1.807, 2.05) is 30.3 Å². The number of ether oxygens (including phenoxy) is 3. The first kappa shape index (κ1) is 34.4. The topological polar surface area (TPSA) is 123 Å². The number of ketones is 1. The van der Waals surface area contributed by atoms with Crippen LogP contribution in [0.4, 0.5) is 19.0 Å². The second-order valence-electron chi connectivity index (χ2n) is 12.3. The Hall–Kier alpha value is -3.92. The smallest absolute Gasteiger partial charge is 0.485 e. The van der Waals surface area contributed by atoms with Gasteiger partial charge >= 0.3 is 5.51 Å². The van der Waals surface area contributed by atoms with Crippen molar-refractivity contribution in [1.82, 2.24) is 4.57 Å². The fourth-order valence-electron chi connectivity index (χ4n) is 5.54. The van der Waals surface area contributed by atoms with Crippen molar-refractivity contribution in [2.75, 3.05) is 19.5 Å². The Balaban J connectivity index is 0.000000483. The van der Waals surface area contributed by atoms with Crippen LogP contribution >= 0.6 is 11.3 Å². The number of imidazole rings is 1. The quantitative estimate of drug-likeness (QED) is 0.148.